The summed E-state index contributed by atoms with van der Waals surface area (Å²) in [5.74, 6) is -0.990. The predicted molar refractivity (Wildman–Crippen MR) is 237 cm³/mol. The molecule has 0 bridgehead atoms. The first-order chi connectivity index (χ1) is 28.2. The molecule has 3 unspecified atom stereocenters. The van der Waals surface area contributed by atoms with Crippen LogP contribution in [0.1, 0.15) is 187 Å². The minimum absolute atomic E-state index is 0.105. The van der Waals surface area contributed by atoms with Gasteiger partial charge in [0.15, 0.2) is 6.10 Å². The van der Waals surface area contributed by atoms with Gasteiger partial charge in [-0.1, -0.05) is 184 Å². The number of phosphoric ester groups is 1. The number of carbonyl (C=O) groups excluding carboxylic acids is 2. The molecule has 3 atom stereocenters. The first kappa shape index (κ1) is 55.7. The van der Waals surface area contributed by atoms with Crippen LogP contribution in [0.15, 0.2) is 60.8 Å². The first-order valence-electron chi connectivity index (χ1n) is 22.7. The number of allylic oxidation sites excluding steroid dienone is 10. The summed E-state index contributed by atoms with van der Waals surface area (Å²) >= 11 is 0. The second-order valence-corrected chi connectivity index (χ2v) is 16.5. The van der Waals surface area contributed by atoms with Crippen molar-refractivity contribution in [3.8, 4) is 0 Å². The van der Waals surface area contributed by atoms with Gasteiger partial charge in [-0.2, -0.15) is 0 Å². The Morgan fingerprint density at radius 1 is 0.534 bits per heavy atom. The number of carbonyl (C=O) groups is 2. The Bertz CT molecular complexity index is 1150. The van der Waals surface area contributed by atoms with Gasteiger partial charge in [-0.15, -0.1) is 0 Å². The second-order valence-electron chi connectivity index (χ2n) is 15.1. The summed E-state index contributed by atoms with van der Waals surface area (Å²) in [7, 11) is -4.64. The monoisotopic (exact) mass is 839 g/mol. The highest BCUT2D eigenvalue weighted by molar-refractivity contribution is 7.47. The van der Waals surface area contributed by atoms with Gasteiger partial charge in [0.1, 0.15) is 12.7 Å². The van der Waals surface area contributed by atoms with Gasteiger partial charge in [-0.25, -0.2) is 4.57 Å². The number of hydrogen-bond donors (Lipinski definition) is 3. The summed E-state index contributed by atoms with van der Waals surface area (Å²) in [6, 6.07) is 0. The van der Waals surface area contributed by atoms with Crippen molar-refractivity contribution in [2.24, 2.45) is 0 Å². The maximum absolute atomic E-state index is 12.6. The standard InChI is InChI=1S/C47H83O10P/c1-3-5-7-9-11-13-15-17-19-21-23-24-26-28-30-32-34-36-38-46(50)54-42-45(43-56-58(52,53)55-41-44(49)40-48)57-47(51)39-37-35-33-31-29-27-25-22-20-18-16-14-12-10-8-6-4-2/h6,8,12,14,18,20,25,27,31,33,44-45,48-49H,3-5,7,9-11,13,15-17,19,21-24,26,28-30,32,34-43H2,1-2H3,(H,52,53)/b8-6-,14-12-,20-18-,27-25-,33-31-. The topological polar surface area (TPSA) is 149 Å². The van der Waals surface area contributed by atoms with E-state index in [-0.39, 0.29) is 19.4 Å². The molecule has 0 aliphatic heterocycles. The molecule has 0 aromatic heterocycles. The van der Waals surface area contributed by atoms with Crippen LogP contribution in [-0.4, -0.2) is 65.7 Å². The number of aliphatic hydroxyl groups is 2. The van der Waals surface area contributed by atoms with Gasteiger partial charge in [-0.05, 0) is 51.4 Å². The van der Waals surface area contributed by atoms with Crippen molar-refractivity contribution in [3.63, 3.8) is 0 Å². The van der Waals surface area contributed by atoms with E-state index in [1.807, 2.05) is 12.2 Å². The summed E-state index contributed by atoms with van der Waals surface area (Å²) in [5.41, 5.74) is 0. The zero-order valence-corrected chi connectivity index (χ0v) is 37.4. The SMILES string of the molecule is CC/C=C\C/C=C\C/C=C\C/C=C\C/C=C\CCCC(=O)OC(COC(=O)CCCCCCCCCCCCCCCCCCCC)COP(=O)(O)OCC(O)CO. The normalized spacial score (nSPS) is 14.4. The molecule has 10 nitrogen and oxygen atoms in total. The molecule has 0 aromatic carbocycles. The van der Waals surface area contributed by atoms with Gasteiger partial charge in [0, 0.05) is 12.8 Å². The minimum atomic E-state index is -4.64. The molecular weight excluding hydrogens is 755 g/mol. The van der Waals surface area contributed by atoms with Gasteiger partial charge in [0.2, 0.25) is 0 Å². The third kappa shape index (κ3) is 41.8. The molecule has 0 spiro atoms. The zero-order chi connectivity index (χ0) is 42.6. The van der Waals surface area contributed by atoms with Crippen molar-refractivity contribution < 1.29 is 47.8 Å². The summed E-state index contributed by atoms with van der Waals surface area (Å²) in [5, 5.41) is 18.3. The van der Waals surface area contributed by atoms with Crippen LogP contribution in [0, 0.1) is 0 Å². The molecule has 0 fully saturated rings. The third-order valence-electron chi connectivity index (χ3n) is 9.44. The van der Waals surface area contributed by atoms with Crippen LogP contribution in [-0.2, 0) is 32.7 Å². The lowest BCUT2D eigenvalue weighted by Gasteiger charge is -2.20. The van der Waals surface area contributed by atoms with Crippen molar-refractivity contribution in [2.75, 3.05) is 26.4 Å². The van der Waals surface area contributed by atoms with Gasteiger partial charge in [0.05, 0.1) is 19.8 Å². The molecule has 0 aliphatic rings. The Hall–Kier alpha value is -2.33. The van der Waals surface area contributed by atoms with E-state index in [1.165, 1.54) is 89.9 Å². The van der Waals surface area contributed by atoms with Crippen molar-refractivity contribution in [2.45, 2.75) is 199 Å². The van der Waals surface area contributed by atoms with Gasteiger partial charge < -0.3 is 24.6 Å². The molecule has 0 rings (SSSR count). The number of aliphatic hydroxyl groups excluding tert-OH is 2. The number of rotatable bonds is 42. The van der Waals surface area contributed by atoms with Gasteiger partial charge >= 0.3 is 19.8 Å². The highest BCUT2D eigenvalue weighted by atomic mass is 31.2. The molecule has 3 N–H and O–H groups in total. The van der Waals surface area contributed by atoms with Crippen LogP contribution in [0.2, 0.25) is 0 Å². The van der Waals surface area contributed by atoms with Crippen LogP contribution in [0.5, 0.6) is 0 Å². The molecule has 0 heterocycles. The number of ether oxygens (including phenoxy) is 2. The van der Waals surface area contributed by atoms with E-state index < -0.39 is 51.8 Å². The second kappa shape index (κ2) is 42.8. The number of phosphoric acid groups is 1. The van der Waals surface area contributed by atoms with E-state index in [0.29, 0.717) is 19.3 Å². The van der Waals surface area contributed by atoms with Crippen molar-refractivity contribution in [1.29, 1.82) is 0 Å². The lowest BCUT2D eigenvalue weighted by atomic mass is 10.0. The lowest BCUT2D eigenvalue weighted by molar-refractivity contribution is -0.161. The molecule has 336 valence electrons. The average molecular weight is 839 g/mol. The summed E-state index contributed by atoms with van der Waals surface area (Å²) in [6.07, 6.45) is 47.7. The Morgan fingerprint density at radius 2 is 0.948 bits per heavy atom. The molecule has 0 aromatic rings. The molecule has 11 heteroatoms. The fourth-order valence-corrected chi connectivity index (χ4v) is 6.76. The molecule has 0 saturated heterocycles. The Kier molecular flexibility index (Phi) is 41.1. The average Bonchev–Trinajstić information content (AvgIpc) is 3.21. The smallest absolute Gasteiger partial charge is 0.462 e. The number of hydrogen-bond acceptors (Lipinski definition) is 9. The summed E-state index contributed by atoms with van der Waals surface area (Å²) < 4.78 is 32.7. The highest BCUT2D eigenvalue weighted by Gasteiger charge is 2.27. The molecule has 0 amide bonds. The molecule has 0 radical (unpaired) electrons. The first-order valence-corrected chi connectivity index (χ1v) is 24.2. The van der Waals surface area contributed by atoms with Crippen molar-refractivity contribution >= 4 is 19.8 Å². The Balaban J connectivity index is 4.34. The van der Waals surface area contributed by atoms with Crippen LogP contribution in [0.25, 0.3) is 0 Å². The largest absolute Gasteiger partial charge is 0.472 e. The fourth-order valence-electron chi connectivity index (χ4n) is 5.97. The van der Waals surface area contributed by atoms with Crippen LogP contribution >= 0.6 is 7.82 Å². The van der Waals surface area contributed by atoms with E-state index in [4.69, 9.17) is 19.1 Å². The van der Waals surface area contributed by atoms with E-state index in [0.717, 1.165) is 51.4 Å². The van der Waals surface area contributed by atoms with Gasteiger partial charge in [0.25, 0.3) is 0 Å². The fraction of sp³-hybridized carbons (Fsp3) is 0.745. The van der Waals surface area contributed by atoms with Gasteiger partial charge in [-0.3, -0.25) is 18.6 Å². The number of unbranched alkanes of at least 4 members (excludes halogenated alkanes) is 18. The maximum atomic E-state index is 12.6. The molecule has 58 heavy (non-hydrogen) atoms. The molecule has 0 aliphatic carbocycles. The van der Waals surface area contributed by atoms with E-state index >= 15 is 0 Å². The quantitative estimate of drug-likeness (QED) is 0.0235. The van der Waals surface area contributed by atoms with Crippen molar-refractivity contribution in [1.82, 2.24) is 0 Å². The Morgan fingerprint density at radius 3 is 1.41 bits per heavy atom. The van der Waals surface area contributed by atoms with E-state index in [9.17, 15) is 24.2 Å². The van der Waals surface area contributed by atoms with Crippen LogP contribution in [0.4, 0.5) is 0 Å². The highest BCUT2D eigenvalue weighted by Crippen LogP contribution is 2.43. The van der Waals surface area contributed by atoms with E-state index in [2.05, 4.69) is 67.0 Å². The summed E-state index contributed by atoms with van der Waals surface area (Å²) in [4.78, 5) is 35.0. The van der Waals surface area contributed by atoms with Crippen LogP contribution < -0.4 is 0 Å². The maximum Gasteiger partial charge on any atom is 0.472 e. The van der Waals surface area contributed by atoms with E-state index in [1.54, 1.807) is 0 Å². The zero-order valence-electron chi connectivity index (χ0n) is 36.5. The third-order valence-corrected chi connectivity index (χ3v) is 10.4. The number of esters is 2. The minimum Gasteiger partial charge on any atom is -0.462 e. The molecular formula is C47H83O10P. The van der Waals surface area contributed by atoms with Crippen molar-refractivity contribution in [3.05, 3.63) is 60.8 Å². The lowest BCUT2D eigenvalue weighted by Crippen LogP contribution is -2.29. The predicted octanol–water partition coefficient (Wildman–Crippen LogP) is 12.3. The molecule has 0 saturated carbocycles. The van der Waals surface area contributed by atoms with Crippen LogP contribution in [0.3, 0.4) is 0 Å². The Labute approximate surface area is 353 Å². The summed E-state index contributed by atoms with van der Waals surface area (Å²) in [6.45, 7) is 2.21.